The SMILES string of the molecule is CSc1ccc(Br)c(OCC#N)c1. The Balaban J connectivity index is 2.85. The lowest BCUT2D eigenvalue weighted by atomic mass is 10.3. The molecule has 0 fully saturated rings. The van der Waals surface area contributed by atoms with E-state index in [1.807, 2.05) is 30.5 Å². The molecule has 0 atom stereocenters. The minimum absolute atomic E-state index is 0.0798. The minimum atomic E-state index is 0.0798. The third kappa shape index (κ3) is 2.94. The van der Waals surface area contributed by atoms with Crippen LogP contribution in [0.1, 0.15) is 0 Å². The standard InChI is InChI=1S/C9H8BrNOS/c1-13-7-2-3-8(10)9(6-7)12-5-4-11/h2-3,6H,5H2,1H3. The Morgan fingerprint density at radius 2 is 2.38 bits per heavy atom. The van der Waals surface area contributed by atoms with E-state index in [2.05, 4.69) is 15.9 Å². The van der Waals surface area contributed by atoms with Crippen LogP contribution >= 0.6 is 27.7 Å². The fourth-order valence-electron chi connectivity index (χ4n) is 0.831. The van der Waals surface area contributed by atoms with E-state index in [4.69, 9.17) is 10.00 Å². The Labute approximate surface area is 90.0 Å². The lowest BCUT2D eigenvalue weighted by molar-refractivity contribution is 0.365. The molecule has 68 valence electrons. The molecule has 0 radical (unpaired) electrons. The molecule has 0 saturated carbocycles. The highest BCUT2D eigenvalue weighted by Crippen LogP contribution is 2.29. The first kappa shape index (κ1) is 10.4. The van der Waals surface area contributed by atoms with Crippen LogP contribution < -0.4 is 4.74 Å². The van der Waals surface area contributed by atoms with Crippen molar-refractivity contribution in [1.29, 1.82) is 5.26 Å². The Morgan fingerprint density at radius 3 is 3.00 bits per heavy atom. The summed E-state index contributed by atoms with van der Waals surface area (Å²) in [5.41, 5.74) is 0. The quantitative estimate of drug-likeness (QED) is 0.781. The molecule has 1 aromatic rings. The molecule has 0 aliphatic carbocycles. The van der Waals surface area contributed by atoms with Gasteiger partial charge in [0.1, 0.15) is 11.8 Å². The lowest BCUT2D eigenvalue weighted by Crippen LogP contribution is -1.94. The molecule has 0 amide bonds. The molecule has 4 heteroatoms. The first-order chi connectivity index (χ1) is 6.27. The molecule has 1 rings (SSSR count). The van der Waals surface area contributed by atoms with Gasteiger partial charge in [0, 0.05) is 4.90 Å². The van der Waals surface area contributed by atoms with Crippen molar-refractivity contribution in [3.8, 4) is 11.8 Å². The van der Waals surface area contributed by atoms with Crippen LogP contribution in [-0.4, -0.2) is 12.9 Å². The number of benzene rings is 1. The zero-order valence-corrected chi connectivity index (χ0v) is 9.48. The van der Waals surface area contributed by atoms with E-state index in [-0.39, 0.29) is 6.61 Å². The zero-order chi connectivity index (χ0) is 9.68. The van der Waals surface area contributed by atoms with E-state index in [0.29, 0.717) is 5.75 Å². The van der Waals surface area contributed by atoms with E-state index >= 15 is 0 Å². The van der Waals surface area contributed by atoms with Gasteiger partial charge in [0.05, 0.1) is 4.47 Å². The zero-order valence-electron chi connectivity index (χ0n) is 7.08. The maximum absolute atomic E-state index is 8.35. The van der Waals surface area contributed by atoms with Gasteiger partial charge in [-0.1, -0.05) is 0 Å². The summed E-state index contributed by atoms with van der Waals surface area (Å²) in [5, 5.41) is 8.35. The number of ether oxygens (including phenoxy) is 1. The molecule has 0 aromatic heterocycles. The number of halogens is 1. The van der Waals surface area contributed by atoms with E-state index in [0.717, 1.165) is 9.37 Å². The third-order valence-electron chi connectivity index (χ3n) is 1.43. The van der Waals surface area contributed by atoms with E-state index in [1.165, 1.54) is 0 Å². The molecular weight excluding hydrogens is 250 g/mol. The average Bonchev–Trinajstić information content (AvgIpc) is 2.17. The van der Waals surface area contributed by atoms with Gasteiger partial charge in [0.15, 0.2) is 6.61 Å². The number of hydrogen-bond acceptors (Lipinski definition) is 3. The number of thioether (sulfide) groups is 1. The largest absolute Gasteiger partial charge is 0.478 e. The van der Waals surface area contributed by atoms with Gasteiger partial charge < -0.3 is 4.74 Å². The van der Waals surface area contributed by atoms with Crippen molar-refractivity contribution in [3.05, 3.63) is 22.7 Å². The van der Waals surface area contributed by atoms with Crippen molar-refractivity contribution < 1.29 is 4.74 Å². The molecule has 1 aromatic carbocycles. The predicted molar refractivity (Wildman–Crippen MR) is 57.0 cm³/mol. The van der Waals surface area contributed by atoms with Gasteiger partial charge in [-0.25, -0.2) is 0 Å². The van der Waals surface area contributed by atoms with E-state index < -0.39 is 0 Å². The van der Waals surface area contributed by atoms with Gasteiger partial charge >= 0.3 is 0 Å². The Bertz CT molecular complexity index is 335. The molecule has 0 N–H and O–H groups in total. The normalized spacial score (nSPS) is 9.31. The minimum Gasteiger partial charge on any atom is -0.478 e. The predicted octanol–water partition coefficient (Wildman–Crippen LogP) is 3.07. The summed E-state index contributed by atoms with van der Waals surface area (Å²) in [4.78, 5) is 1.12. The topological polar surface area (TPSA) is 33.0 Å². The third-order valence-corrected chi connectivity index (χ3v) is 2.81. The van der Waals surface area contributed by atoms with Gasteiger partial charge in [-0.05, 0) is 40.4 Å². The van der Waals surface area contributed by atoms with Crippen LogP contribution in [0.4, 0.5) is 0 Å². The Hall–Kier alpha value is -0.660. The second-order valence-corrected chi connectivity index (χ2v) is 3.98. The van der Waals surface area contributed by atoms with Gasteiger partial charge in [-0.2, -0.15) is 5.26 Å². The van der Waals surface area contributed by atoms with Gasteiger partial charge in [0.25, 0.3) is 0 Å². The average molecular weight is 258 g/mol. The van der Waals surface area contributed by atoms with Crippen LogP contribution in [0.25, 0.3) is 0 Å². The van der Waals surface area contributed by atoms with Crippen LogP contribution in [0.15, 0.2) is 27.6 Å². The van der Waals surface area contributed by atoms with E-state index in [1.54, 1.807) is 11.8 Å². The van der Waals surface area contributed by atoms with Gasteiger partial charge in [0.2, 0.25) is 0 Å². The van der Waals surface area contributed by atoms with Crippen molar-refractivity contribution in [2.24, 2.45) is 0 Å². The second kappa shape index (κ2) is 5.15. The molecule has 0 aliphatic heterocycles. The smallest absolute Gasteiger partial charge is 0.174 e. The number of hydrogen-bond donors (Lipinski definition) is 0. The van der Waals surface area contributed by atoms with Crippen LogP contribution in [-0.2, 0) is 0 Å². The highest BCUT2D eigenvalue weighted by atomic mass is 79.9. The summed E-state index contributed by atoms with van der Waals surface area (Å²) in [6.07, 6.45) is 2.00. The molecular formula is C9H8BrNOS. The fourth-order valence-corrected chi connectivity index (χ4v) is 1.62. The van der Waals surface area contributed by atoms with Crippen LogP contribution in [0.3, 0.4) is 0 Å². The van der Waals surface area contributed by atoms with Crippen molar-refractivity contribution in [2.45, 2.75) is 4.90 Å². The van der Waals surface area contributed by atoms with Crippen molar-refractivity contribution in [2.75, 3.05) is 12.9 Å². The maximum Gasteiger partial charge on any atom is 0.174 e. The molecule has 0 bridgehead atoms. The lowest BCUT2D eigenvalue weighted by Gasteiger charge is -2.05. The highest BCUT2D eigenvalue weighted by Gasteiger charge is 2.01. The van der Waals surface area contributed by atoms with Gasteiger partial charge in [-0.15, -0.1) is 11.8 Å². The van der Waals surface area contributed by atoms with Crippen molar-refractivity contribution in [3.63, 3.8) is 0 Å². The van der Waals surface area contributed by atoms with Crippen molar-refractivity contribution in [1.82, 2.24) is 0 Å². The van der Waals surface area contributed by atoms with Crippen LogP contribution in [0.2, 0.25) is 0 Å². The van der Waals surface area contributed by atoms with E-state index in [9.17, 15) is 0 Å². The summed E-state index contributed by atoms with van der Waals surface area (Å²) in [6.45, 7) is 0.0798. The van der Waals surface area contributed by atoms with Crippen molar-refractivity contribution >= 4 is 27.7 Å². The summed E-state index contributed by atoms with van der Waals surface area (Å²) < 4.78 is 6.08. The Kier molecular flexibility index (Phi) is 4.13. The molecule has 13 heavy (non-hydrogen) atoms. The monoisotopic (exact) mass is 257 g/mol. The molecule has 0 saturated heterocycles. The first-order valence-corrected chi connectivity index (χ1v) is 5.63. The molecule has 0 heterocycles. The number of rotatable bonds is 3. The highest BCUT2D eigenvalue weighted by molar-refractivity contribution is 9.10. The van der Waals surface area contributed by atoms with Crippen LogP contribution in [0, 0.1) is 11.3 Å². The Morgan fingerprint density at radius 1 is 1.62 bits per heavy atom. The fraction of sp³-hybridized carbons (Fsp3) is 0.222. The second-order valence-electron chi connectivity index (χ2n) is 2.24. The number of nitrogens with zero attached hydrogens (tertiary/aromatic N) is 1. The molecule has 0 spiro atoms. The first-order valence-electron chi connectivity index (χ1n) is 3.61. The molecule has 2 nitrogen and oxygen atoms in total. The molecule has 0 aliphatic rings. The summed E-state index contributed by atoms with van der Waals surface area (Å²) in [5.74, 6) is 0.716. The maximum atomic E-state index is 8.35. The summed E-state index contributed by atoms with van der Waals surface area (Å²) in [7, 11) is 0. The van der Waals surface area contributed by atoms with Crippen LogP contribution in [0.5, 0.6) is 5.75 Å². The number of nitriles is 1. The molecule has 0 unspecified atom stereocenters. The van der Waals surface area contributed by atoms with Gasteiger partial charge in [-0.3, -0.25) is 0 Å². The summed E-state index contributed by atoms with van der Waals surface area (Å²) >= 11 is 4.99. The summed E-state index contributed by atoms with van der Waals surface area (Å²) in [6, 6.07) is 7.75.